The van der Waals surface area contributed by atoms with E-state index in [9.17, 15) is 9.59 Å². The molecular formula is C15H21NO2. The van der Waals surface area contributed by atoms with Gasteiger partial charge in [-0.1, -0.05) is 38.3 Å². The summed E-state index contributed by atoms with van der Waals surface area (Å²) in [7, 11) is 0. The zero-order valence-electron chi connectivity index (χ0n) is 11.0. The van der Waals surface area contributed by atoms with Crippen molar-refractivity contribution < 1.29 is 9.59 Å². The van der Waals surface area contributed by atoms with Crippen molar-refractivity contribution in [2.45, 2.75) is 39.0 Å². The Labute approximate surface area is 108 Å². The number of allylic oxidation sites excluding steroid dienone is 2. The Bertz CT molecular complexity index is 371. The van der Waals surface area contributed by atoms with Gasteiger partial charge < -0.3 is 0 Å². The highest BCUT2D eigenvalue weighted by atomic mass is 16.2. The molecule has 2 aliphatic carbocycles. The third-order valence-corrected chi connectivity index (χ3v) is 4.80. The van der Waals surface area contributed by atoms with Crippen LogP contribution in [-0.2, 0) is 9.59 Å². The van der Waals surface area contributed by atoms with Crippen LogP contribution in [0, 0.1) is 23.7 Å². The standard InChI is InChI=1S/C15H21NO2/c1-2-3-4-5-8-16-14(17)12-10-6-7-11(9-10)13(12)15(16)18/h6-7,10-13H,2-5,8-9H2,1H3/t10-,11+,12+,13-. The van der Waals surface area contributed by atoms with Crippen LogP contribution in [-0.4, -0.2) is 23.3 Å². The summed E-state index contributed by atoms with van der Waals surface area (Å²) in [6, 6.07) is 0. The summed E-state index contributed by atoms with van der Waals surface area (Å²) < 4.78 is 0. The molecule has 0 unspecified atom stereocenters. The van der Waals surface area contributed by atoms with Gasteiger partial charge in [-0.15, -0.1) is 0 Å². The molecule has 1 saturated carbocycles. The minimum absolute atomic E-state index is 0.0151. The van der Waals surface area contributed by atoms with Crippen molar-refractivity contribution in [3.63, 3.8) is 0 Å². The minimum Gasteiger partial charge on any atom is -0.282 e. The van der Waals surface area contributed by atoms with Gasteiger partial charge in [0.25, 0.3) is 0 Å². The molecule has 2 fully saturated rings. The summed E-state index contributed by atoms with van der Waals surface area (Å²) in [5.74, 6) is 0.878. The lowest BCUT2D eigenvalue weighted by molar-refractivity contribution is -0.140. The Hall–Kier alpha value is -1.12. The summed E-state index contributed by atoms with van der Waals surface area (Å²) in [6.45, 7) is 2.81. The van der Waals surface area contributed by atoms with Crippen molar-refractivity contribution in [1.82, 2.24) is 4.90 Å². The summed E-state index contributed by atoms with van der Waals surface area (Å²) >= 11 is 0. The zero-order valence-corrected chi connectivity index (χ0v) is 11.0. The number of rotatable bonds is 5. The van der Waals surface area contributed by atoms with E-state index in [-0.39, 0.29) is 23.7 Å². The van der Waals surface area contributed by atoms with Crippen LogP contribution in [0.5, 0.6) is 0 Å². The number of amides is 2. The van der Waals surface area contributed by atoms with Crippen molar-refractivity contribution >= 4 is 11.8 Å². The van der Waals surface area contributed by atoms with Crippen molar-refractivity contribution in [2.75, 3.05) is 6.54 Å². The molecule has 1 saturated heterocycles. The molecule has 98 valence electrons. The molecule has 3 aliphatic rings. The Morgan fingerprint density at radius 3 is 2.22 bits per heavy atom. The van der Waals surface area contributed by atoms with E-state index in [1.807, 2.05) is 0 Å². The highest BCUT2D eigenvalue weighted by Crippen LogP contribution is 2.52. The molecule has 0 N–H and O–H groups in total. The normalized spacial score (nSPS) is 36.8. The number of fused-ring (bicyclic) bond motifs is 5. The van der Waals surface area contributed by atoms with E-state index in [4.69, 9.17) is 0 Å². The number of nitrogens with zero attached hydrogens (tertiary/aromatic N) is 1. The van der Waals surface area contributed by atoms with Crippen LogP contribution in [0.25, 0.3) is 0 Å². The third kappa shape index (κ3) is 1.63. The fourth-order valence-electron chi connectivity index (χ4n) is 3.88. The number of imide groups is 1. The van der Waals surface area contributed by atoms with Gasteiger partial charge in [-0.3, -0.25) is 14.5 Å². The number of hydrogen-bond donors (Lipinski definition) is 0. The molecule has 0 aromatic heterocycles. The lowest BCUT2D eigenvalue weighted by atomic mass is 9.85. The van der Waals surface area contributed by atoms with Crippen LogP contribution >= 0.6 is 0 Å². The first kappa shape index (κ1) is 11.9. The molecule has 1 heterocycles. The molecule has 0 spiro atoms. The number of carbonyl (C=O) groups is 2. The summed E-state index contributed by atoms with van der Waals surface area (Å²) in [5.41, 5.74) is 0. The molecule has 3 heteroatoms. The maximum absolute atomic E-state index is 12.3. The number of likely N-dealkylation sites (tertiary alicyclic amines) is 1. The Morgan fingerprint density at radius 1 is 1.06 bits per heavy atom. The molecule has 3 rings (SSSR count). The van der Waals surface area contributed by atoms with Gasteiger partial charge in [-0.25, -0.2) is 0 Å². The highest BCUT2D eigenvalue weighted by molar-refractivity contribution is 6.06. The zero-order chi connectivity index (χ0) is 12.7. The van der Waals surface area contributed by atoms with Crippen LogP contribution in [0.15, 0.2) is 12.2 Å². The second-order valence-corrected chi connectivity index (χ2v) is 5.89. The second-order valence-electron chi connectivity index (χ2n) is 5.89. The first-order chi connectivity index (χ1) is 8.74. The first-order valence-corrected chi connectivity index (χ1v) is 7.27. The van der Waals surface area contributed by atoms with Gasteiger partial charge in [-0.2, -0.15) is 0 Å². The van der Waals surface area contributed by atoms with Crippen molar-refractivity contribution in [3.05, 3.63) is 12.2 Å². The van der Waals surface area contributed by atoms with Gasteiger partial charge in [0.15, 0.2) is 0 Å². The SMILES string of the molecule is CCCCCCN1C(=O)[C@@H]2[C@H](C1=O)[C@H]1C=C[C@@H]2C1. The lowest BCUT2D eigenvalue weighted by Gasteiger charge is -2.16. The predicted octanol–water partition coefficient (Wildman–Crippen LogP) is 2.37. The molecule has 1 aliphatic heterocycles. The Kier molecular flexibility index (Phi) is 3.00. The molecule has 2 amide bonds. The van der Waals surface area contributed by atoms with Gasteiger partial charge in [-0.05, 0) is 24.7 Å². The molecule has 0 radical (unpaired) electrons. The van der Waals surface area contributed by atoms with Crippen LogP contribution in [0.3, 0.4) is 0 Å². The van der Waals surface area contributed by atoms with Gasteiger partial charge >= 0.3 is 0 Å². The number of carbonyl (C=O) groups excluding carboxylic acids is 2. The number of hydrogen-bond acceptors (Lipinski definition) is 2. The monoisotopic (exact) mass is 247 g/mol. The average Bonchev–Trinajstić information content (AvgIpc) is 3.02. The molecule has 0 aromatic rings. The maximum atomic E-state index is 12.3. The van der Waals surface area contributed by atoms with Crippen LogP contribution in [0.4, 0.5) is 0 Å². The topological polar surface area (TPSA) is 37.4 Å². The smallest absolute Gasteiger partial charge is 0.233 e. The van der Waals surface area contributed by atoms with E-state index >= 15 is 0 Å². The fourth-order valence-corrected chi connectivity index (χ4v) is 3.88. The van der Waals surface area contributed by atoms with E-state index in [1.165, 1.54) is 12.8 Å². The summed E-state index contributed by atoms with van der Waals surface area (Å²) in [4.78, 5) is 26.2. The van der Waals surface area contributed by atoms with E-state index < -0.39 is 0 Å². The van der Waals surface area contributed by atoms with Gasteiger partial charge in [0, 0.05) is 6.54 Å². The summed E-state index contributed by atoms with van der Waals surface area (Å²) in [6.07, 6.45) is 9.78. The van der Waals surface area contributed by atoms with E-state index in [1.54, 1.807) is 4.90 Å². The largest absolute Gasteiger partial charge is 0.282 e. The van der Waals surface area contributed by atoms with Crippen LogP contribution in [0.2, 0.25) is 0 Å². The molecular weight excluding hydrogens is 226 g/mol. The highest BCUT2D eigenvalue weighted by Gasteiger charge is 2.58. The molecule has 4 atom stereocenters. The second kappa shape index (κ2) is 4.52. The molecule has 2 bridgehead atoms. The molecule has 3 nitrogen and oxygen atoms in total. The third-order valence-electron chi connectivity index (χ3n) is 4.80. The van der Waals surface area contributed by atoms with Crippen molar-refractivity contribution in [3.8, 4) is 0 Å². The van der Waals surface area contributed by atoms with Crippen LogP contribution < -0.4 is 0 Å². The maximum Gasteiger partial charge on any atom is 0.233 e. The average molecular weight is 247 g/mol. The van der Waals surface area contributed by atoms with Crippen LogP contribution in [0.1, 0.15) is 39.0 Å². The van der Waals surface area contributed by atoms with Crippen molar-refractivity contribution in [1.29, 1.82) is 0 Å². The first-order valence-electron chi connectivity index (χ1n) is 7.27. The molecule has 0 aromatic carbocycles. The predicted molar refractivity (Wildman–Crippen MR) is 68.6 cm³/mol. The van der Waals surface area contributed by atoms with Crippen molar-refractivity contribution in [2.24, 2.45) is 23.7 Å². The Balaban J connectivity index is 1.65. The quantitative estimate of drug-likeness (QED) is 0.425. The van der Waals surface area contributed by atoms with Gasteiger partial charge in [0.05, 0.1) is 11.8 Å². The summed E-state index contributed by atoms with van der Waals surface area (Å²) in [5, 5.41) is 0. The number of unbranched alkanes of at least 4 members (excludes halogenated alkanes) is 3. The minimum atomic E-state index is -0.0151. The fraction of sp³-hybridized carbons (Fsp3) is 0.733. The lowest BCUT2D eigenvalue weighted by Crippen LogP contribution is -2.33. The molecule has 18 heavy (non-hydrogen) atoms. The van der Waals surface area contributed by atoms with E-state index in [2.05, 4.69) is 19.1 Å². The van der Waals surface area contributed by atoms with E-state index in [0.29, 0.717) is 18.4 Å². The van der Waals surface area contributed by atoms with Gasteiger partial charge in [0.1, 0.15) is 0 Å². The Morgan fingerprint density at radius 2 is 1.67 bits per heavy atom. The van der Waals surface area contributed by atoms with Gasteiger partial charge in [0.2, 0.25) is 11.8 Å². The van der Waals surface area contributed by atoms with E-state index in [0.717, 1.165) is 19.3 Å².